The zero-order valence-electron chi connectivity index (χ0n) is 17.9. The van der Waals surface area contributed by atoms with E-state index >= 15 is 0 Å². The van der Waals surface area contributed by atoms with Crippen LogP contribution >= 0.6 is 0 Å². The van der Waals surface area contributed by atoms with E-state index in [0.717, 1.165) is 55.3 Å². The van der Waals surface area contributed by atoms with E-state index in [1.807, 2.05) is 12.3 Å². The van der Waals surface area contributed by atoms with Gasteiger partial charge in [0.2, 0.25) is 0 Å². The number of benzene rings is 1. The molecule has 0 amide bonds. The molecule has 2 aromatic rings. The number of nitrogens with zero attached hydrogens (tertiary/aromatic N) is 4. The first-order valence-corrected chi connectivity index (χ1v) is 10.3. The summed E-state index contributed by atoms with van der Waals surface area (Å²) in [5.74, 6) is 1.63. The molecule has 0 spiro atoms. The Bertz CT molecular complexity index is 858. The predicted molar refractivity (Wildman–Crippen MR) is 117 cm³/mol. The van der Waals surface area contributed by atoms with Gasteiger partial charge < -0.3 is 20.4 Å². The first kappa shape index (κ1) is 22.9. The summed E-state index contributed by atoms with van der Waals surface area (Å²) in [6.45, 7) is 5.15. The molecule has 168 valence electrons. The van der Waals surface area contributed by atoms with Crippen LogP contribution < -0.4 is 15.5 Å². The second-order valence-electron chi connectivity index (χ2n) is 7.61. The van der Waals surface area contributed by atoms with E-state index in [2.05, 4.69) is 43.5 Å². The van der Waals surface area contributed by atoms with E-state index in [1.165, 1.54) is 12.1 Å². The molecular formula is C22H29F3N6. The summed E-state index contributed by atoms with van der Waals surface area (Å²) >= 11 is 0. The number of aromatic nitrogens is 1. The number of anilines is 1. The minimum atomic E-state index is -4.31. The second-order valence-corrected chi connectivity index (χ2v) is 7.61. The van der Waals surface area contributed by atoms with Crippen molar-refractivity contribution in [2.45, 2.75) is 19.1 Å². The smallest absolute Gasteiger partial charge is 0.356 e. The summed E-state index contributed by atoms with van der Waals surface area (Å²) < 4.78 is 37.9. The first-order chi connectivity index (χ1) is 14.8. The number of rotatable bonds is 6. The van der Waals surface area contributed by atoms with Crippen LogP contribution in [0.25, 0.3) is 0 Å². The Labute approximate surface area is 181 Å². The fourth-order valence-electron chi connectivity index (χ4n) is 3.37. The monoisotopic (exact) mass is 434 g/mol. The highest BCUT2D eigenvalue weighted by Gasteiger charge is 2.29. The molecule has 9 heteroatoms. The Balaban J connectivity index is 1.46. The number of alkyl halides is 3. The number of likely N-dealkylation sites (N-methyl/N-ethyl adjacent to an activating group) is 1. The van der Waals surface area contributed by atoms with E-state index in [1.54, 1.807) is 7.05 Å². The molecule has 1 aromatic heterocycles. The number of piperazine rings is 1. The van der Waals surface area contributed by atoms with Crippen LogP contribution in [-0.2, 0) is 19.1 Å². The van der Waals surface area contributed by atoms with E-state index in [-0.39, 0.29) is 0 Å². The SMILES string of the molecule is CN=C(NCCc1ccc(C(F)(F)F)cc1)NCc1ccnc(N2CCN(C)CC2)c1. The molecule has 6 nitrogen and oxygen atoms in total. The summed E-state index contributed by atoms with van der Waals surface area (Å²) in [6, 6.07) is 9.32. The number of aliphatic imine (C=N–C) groups is 1. The minimum Gasteiger partial charge on any atom is -0.356 e. The predicted octanol–water partition coefficient (Wildman–Crippen LogP) is 2.76. The number of nitrogens with one attached hydrogen (secondary N) is 2. The highest BCUT2D eigenvalue weighted by Crippen LogP contribution is 2.29. The minimum absolute atomic E-state index is 0.563. The topological polar surface area (TPSA) is 55.8 Å². The van der Waals surface area contributed by atoms with Crippen molar-refractivity contribution < 1.29 is 13.2 Å². The number of guanidine groups is 1. The van der Waals surface area contributed by atoms with Gasteiger partial charge in [-0.2, -0.15) is 13.2 Å². The lowest BCUT2D eigenvalue weighted by atomic mass is 10.1. The molecule has 3 rings (SSSR count). The normalized spacial score (nSPS) is 15.8. The molecule has 1 aromatic carbocycles. The van der Waals surface area contributed by atoms with E-state index < -0.39 is 11.7 Å². The van der Waals surface area contributed by atoms with E-state index in [4.69, 9.17) is 0 Å². The van der Waals surface area contributed by atoms with Gasteiger partial charge in [-0.25, -0.2) is 4.98 Å². The van der Waals surface area contributed by atoms with Crippen LogP contribution in [0.1, 0.15) is 16.7 Å². The third-order valence-corrected chi connectivity index (χ3v) is 5.31. The van der Waals surface area contributed by atoms with Crippen molar-refractivity contribution in [2.75, 3.05) is 51.7 Å². The van der Waals surface area contributed by atoms with Gasteiger partial charge in [0.15, 0.2) is 5.96 Å². The Hall–Kier alpha value is -2.81. The highest BCUT2D eigenvalue weighted by molar-refractivity contribution is 5.79. The van der Waals surface area contributed by atoms with Gasteiger partial charge in [0.1, 0.15) is 5.82 Å². The van der Waals surface area contributed by atoms with Crippen LogP contribution in [0.3, 0.4) is 0 Å². The quantitative estimate of drug-likeness (QED) is 0.541. The Morgan fingerprint density at radius 3 is 2.39 bits per heavy atom. The van der Waals surface area contributed by atoms with Crippen molar-refractivity contribution in [1.82, 2.24) is 20.5 Å². The second kappa shape index (κ2) is 10.5. The molecule has 2 heterocycles. The fraction of sp³-hybridized carbons (Fsp3) is 0.455. The van der Waals surface area contributed by atoms with Gasteiger partial charge in [0, 0.05) is 52.5 Å². The average molecular weight is 435 g/mol. The average Bonchev–Trinajstić information content (AvgIpc) is 2.76. The molecule has 0 bridgehead atoms. The molecule has 1 saturated heterocycles. The van der Waals surface area contributed by atoms with E-state index in [0.29, 0.717) is 25.5 Å². The number of pyridine rings is 1. The zero-order chi connectivity index (χ0) is 22.3. The number of halogens is 3. The maximum absolute atomic E-state index is 12.6. The Morgan fingerprint density at radius 2 is 1.74 bits per heavy atom. The van der Waals surface area contributed by atoms with Crippen molar-refractivity contribution in [3.63, 3.8) is 0 Å². The zero-order valence-corrected chi connectivity index (χ0v) is 17.9. The fourth-order valence-corrected chi connectivity index (χ4v) is 3.37. The maximum atomic E-state index is 12.6. The number of hydrogen-bond donors (Lipinski definition) is 2. The molecule has 1 aliphatic heterocycles. The third-order valence-electron chi connectivity index (χ3n) is 5.31. The highest BCUT2D eigenvalue weighted by atomic mass is 19.4. The van der Waals surface area contributed by atoms with Gasteiger partial charge in [0.05, 0.1) is 5.56 Å². The van der Waals surface area contributed by atoms with Crippen LogP contribution in [0.15, 0.2) is 47.6 Å². The summed E-state index contributed by atoms with van der Waals surface area (Å²) in [7, 11) is 3.82. The molecule has 0 unspecified atom stereocenters. The van der Waals surface area contributed by atoms with E-state index in [9.17, 15) is 13.2 Å². The summed E-state index contributed by atoms with van der Waals surface area (Å²) in [5, 5.41) is 6.47. The van der Waals surface area contributed by atoms with Crippen LogP contribution in [0.5, 0.6) is 0 Å². The van der Waals surface area contributed by atoms with Gasteiger partial charge in [-0.15, -0.1) is 0 Å². The summed E-state index contributed by atoms with van der Waals surface area (Å²) in [6.07, 6.45) is -1.88. The van der Waals surface area contributed by atoms with Crippen LogP contribution in [0.4, 0.5) is 19.0 Å². The van der Waals surface area contributed by atoms with Crippen molar-refractivity contribution in [3.05, 3.63) is 59.3 Å². The Morgan fingerprint density at radius 1 is 1.03 bits per heavy atom. The standard InChI is InChI=1S/C22H29F3N6/c1-26-21(28-10-7-17-3-5-19(6-4-17)22(23,24)25)29-16-18-8-9-27-20(15-18)31-13-11-30(2)12-14-31/h3-6,8-9,15H,7,10-14,16H2,1-2H3,(H2,26,28,29). The Kier molecular flexibility index (Phi) is 7.73. The lowest BCUT2D eigenvalue weighted by molar-refractivity contribution is -0.137. The van der Waals surface area contributed by atoms with Crippen molar-refractivity contribution in [1.29, 1.82) is 0 Å². The molecule has 0 saturated carbocycles. The van der Waals surface area contributed by atoms with Crippen LogP contribution in [0.2, 0.25) is 0 Å². The van der Waals surface area contributed by atoms with Crippen molar-refractivity contribution >= 4 is 11.8 Å². The summed E-state index contributed by atoms with van der Waals surface area (Å²) in [4.78, 5) is 13.3. The lowest BCUT2D eigenvalue weighted by Gasteiger charge is -2.33. The molecule has 2 N–H and O–H groups in total. The molecule has 31 heavy (non-hydrogen) atoms. The molecule has 1 fully saturated rings. The van der Waals surface area contributed by atoms with Crippen LogP contribution in [-0.4, -0.2) is 62.7 Å². The van der Waals surface area contributed by atoms with Gasteiger partial charge >= 0.3 is 6.18 Å². The molecular weight excluding hydrogens is 405 g/mol. The van der Waals surface area contributed by atoms with Gasteiger partial charge in [-0.1, -0.05) is 12.1 Å². The molecule has 1 aliphatic rings. The van der Waals surface area contributed by atoms with Crippen molar-refractivity contribution in [2.24, 2.45) is 4.99 Å². The van der Waals surface area contributed by atoms with Gasteiger partial charge in [0.25, 0.3) is 0 Å². The third kappa shape index (κ3) is 6.85. The first-order valence-electron chi connectivity index (χ1n) is 10.3. The molecule has 0 aliphatic carbocycles. The lowest BCUT2D eigenvalue weighted by Crippen LogP contribution is -2.44. The number of hydrogen-bond acceptors (Lipinski definition) is 4. The van der Waals surface area contributed by atoms with Crippen molar-refractivity contribution in [3.8, 4) is 0 Å². The molecule has 0 atom stereocenters. The van der Waals surface area contributed by atoms with Gasteiger partial charge in [-0.3, -0.25) is 4.99 Å². The van der Waals surface area contributed by atoms with Gasteiger partial charge in [-0.05, 0) is 48.9 Å². The summed E-state index contributed by atoms with van der Waals surface area (Å²) in [5.41, 5.74) is 1.31. The van der Waals surface area contributed by atoms with Crippen LogP contribution in [0, 0.1) is 0 Å². The largest absolute Gasteiger partial charge is 0.416 e. The molecule has 0 radical (unpaired) electrons. The maximum Gasteiger partial charge on any atom is 0.416 e.